The highest BCUT2D eigenvalue weighted by atomic mass is 16.5. The summed E-state index contributed by atoms with van der Waals surface area (Å²) in [4.78, 5) is 15.7. The van der Waals surface area contributed by atoms with Crippen LogP contribution in [-0.2, 0) is 11.2 Å². The van der Waals surface area contributed by atoms with Crippen LogP contribution in [0.25, 0.3) is 11.1 Å². The molecule has 0 aliphatic carbocycles. The van der Waals surface area contributed by atoms with Crippen LogP contribution in [0.4, 0.5) is 0 Å². The Kier molecular flexibility index (Phi) is 4.98. The van der Waals surface area contributed by atoms with Crippen molar-refractivity contribution in [1.82, 2.24) is 14.8 Å². The molecule has 0 bridgehead atoms. The maximum atomic E-state index is 11.6. The van der Waals surface area contributed by atoms with Gasteiger partial charge in [0.25, 0.3) is 0 Å². The third-order valence-corrected chi connectivity index (χ3v) is 4.95. The average molecular weight is 363 g/mol. The molecule has 27 heavy (non-hydrogen) atoms. The Morgan fingerprint density at radius 1 is 1.19 bits per heavy atom. The van der Waals surface area contributed by atoms with Gasteiger partial charge in [-0.25, -0.2) is 4.79 Å². The van der Waals surface area contributed by atoms with Crippen LogP contribution in [0.1, 0.15) is 40.5 Å². The van der Waals surface area contributed by atoms with Crippen molar-refractivity contribution in [3.63, 3.8) is 0 Å². The van der Waals surface area contributed by atoms with Crippen molar-refractivity contribution in [2.24, 2.45) is 0 Å². The smallest absolute Gasteiger partial charge is 0.336 e. The molecule has 2 aromatic heterocycles. The number of carboxylic acid groups (broad SMARTS) is 1. The van der Waals surface area contributed by atoms with Crippen molar-refractivity contribution in [3.05, 3.63) is 71.8 Å². The van der Waals surface area contributed by atoms with E-state index < -0.39 is 5.97 Å². The van der Waals surface area contributed by atoms with E-state index in [-0.39, 0.29) is 5.56 Å². The summed E-state index contributed by atoms with van der Waals surface area (Å²) < 4.78 is 7.49. The third-order valence-electron chi connectivity index (χ3n) is 4.95. The first-order valence-corrected chi connectivity index (χ1v) is 9.10. The number of ether oxygens (including phenoxy) is 1. The summed E-state index contributed by atoms with van der Waals surface area (Å²) in [5.74, 6) is -0.947. The molecule has 0 spiro atoms. The number of aromatic carboxylic acids is 1. The Hall–Kier alpha value is -2.99. The van der Waals surface area contributed by atoms with Gasteiger partial charge in [0.2, 0.25) is 0 Å². The highest BCUT2D eigenvalue weighted by molar-refractivity contribution is 5.89. The van der Waals surface area contributed by atoms with Crippen LogP contribution in [0, 0.1) is 0 Å². The SMILES string of the molecule is O=C(O)c1ccncc1Cc1nn(C2CCOCC2)cc1-c1ccccc1. The van der Waals surface area contributed by atoms with Crippen LogP contribution >= 0.6 is 0 Å². The number of rotatable bonds is 5. The molecular formula is C21H21N3O3. The number of hydrogen-bond acceptors (Lipinski definition) is 4. The molecule has 4 rings (SSSR count). The number of carboxylic acids is 1. The third kappa shape index (κ3) is 3.75. The van der Waals surface area contributed by atoms with Crippen LogP contribution in [0.15, 0.2) is 55.0 Å². The normalized spacial score (nSPS) is 15.0. The van der Waals surface area contributed by atoms with Crippen molar-refractivity contribution >= 4 is 5.97 Å². The van der Waals surface area contributed by atoms with Gasteiger partial charge in [0.15, 0.2) is 0 Å². The Morgan fingerprint density at radius 3 is 2.70 bits per heavy atom. The second kappa shape index (κ2) is 7.72. The quantitative estimate of drug-likeness (QED) is 0.750. The standard InChI is InChI=1S/C21H21N3O3/c25-21(26)18-6-9-22-13-16(18)12-20-19(15-4-2-1-3-5-15)14-24(23-20)17-7-10-27-11-8-17/h1-6,9,13-14,17H,7-8,10-12H2,(H,25,26). The summed E-state index contributed by atoms with van der Waals surface area (Å²) in [6.45, 7) is 1.48. The summed E-state index contributed by atoms with van der Waals surface area (Å²) in [6, 6.07) is 11.9. The van der Waals surface area contributed by atoms with Crippen molar-refractivity contribution in [2.75, 3.05) is 13.2 Å². The molecule has 6 nitrogen and oxygen atoms in total. The van der Waals surface area contributed by atoms with Gasteiger partial charge in [-0.2, -0.15) is 5.10 Å². The lowest BCUT2D eigenvalue weighted by molar-refractivity contribution is 0.0661. The second-order valence-electron chi connectivity index (χ2n) is 6.69. The largest absolute Gasteiger partial charge is 0.478 e. The second-order valence-corrected chi connectivity index (χ2v) is 6.69. The summed E-state index contributed by atoms with van der Waals surface area (Å²) in [6.07, 6.45) is 7.50. The highest BCUT2D eigenvalue weighted by Crippen LogP contribution is 2.29. The molecule has 6 heteroatoms. The molecule has 0 unspecified atom stereocenters. The number of nitrogens with zero attached hydrogens (tertiary/aromatic N) is 3. The van der Waals surface area contributed by atoms with Gasteiger partial charge in [-0.1, -0.05) is 30.3 Å². The summed E-state index contributed by atoms with van der Waals surface area (Å²) in [7, 11) is 0. The fourth-order valence-corrected chi connectivity index (χ4v) is 3.51. The van der Waals surface area contributed by atoms with E-state index in [0.717, 1.165) is 42.9 Å². The van der Waals surface area contributed by atoms with Crippen molar-refractivity contribution in [1.29, 1.82) is 0 Å². The fraction of sp³-hybridized carbons (Fsp3) is 0.286. The zero-order valence-electron chi connectivity index (χ0n) is 14.9. The molecule has 1 fully saturated rings. The van der Waals surface area contributed by atoms with Gasteiger partial charge < -0.3 is 9.84 Å². The molecule has 1 N–H and O–H groups in total. The molecule has 0 atom stereocenters. The van der Waals surface area contributed by atoms with Gasteiger partial charge in [-0.05, 0) is 30.0 Å². The van der Waals surface area contributed by atoms with Crippen LogP contribution in [0.2, 0.25) is 0 Å². The lowest BCUT2D eigenvalue weighted by Crippen LogP contribution is -2.20. The minimum absolute atomic E-state index is 0.268. The van der Waals surface area contributed by atoms with Crippen LogP contribution in [0.3, 0.4) is 0 Å². The first-order valence-electron chi connectivity index (χ1n) is 9.10. The predicted molar refractivity (Wildman–Crippen MR) is 101 cm³/mol. The Labute approximate surface area is 157 Å². The molecule has 3 heterocycles. The zero-order valence-corrected chi connectivity index (χ0v) is 14.9. The number of hydrogen-bond donors (Lipinski definition) is 1. The maximum Gasteiger partial charge on any atom is 0.336 e. The van der Waals surface area contributed by atoms with Gasteiger partial charge in [0.1, 0.15) is 0 Å². The molecule has 3 aromatic rings. The molecular weight excluding hydrogens is 342 g/mol. The Bertz CT molecular complexity index is 931. The lowest BCUT2D eigenvalue weighted by Gasteiger charge is -2.22. The highest BCUT2D eigenvalue weighted by Gasteiger charge is 2.21. The van der Waals surface area contributed by atoms with Crippen LogP contribution in [-0.4, -0.2) is 39.1 Å². The summed E-state index contributed by atoms with van der Waals surface area (Å²) in [5.41, 5.74) is 3.90. The Morgan fingerprint density at radius 2 is 1.96 bits per heavy atom. The van der Waals surface area contributed by atoms with Crippen molar-refractivity contribution < 1.29 is 14.6 Å². The van der Waals surface area contributed by atoms with Crippen LogP contribution < -0.4 is 0 Å². The summed E-state index contributed by atoms with van der Waals surface area (Å²) in [5, 5.41) is 14.3. The minimum Gasteiger partial charge on any atom is -0.478 e. The zero-order chi connectivity index (χ0) is 18.6. The maximum absolute atomic E-state index is 11.6. The molecule has 1 aliphatic rings. The molecule has 1 aliphatic heterocycles. The van der Waals surface area contributed by atoms with Crippen molar-refractivity contribution in [2.45, 2.75) is 25.3 Å². The van der Waals surface area contributed by atoms with E-state index in [1.807, 2.05) is 22.9 Å². The molecule has 1 saturated heterocycles. The number of aromatic nitrogens is 3. The van der Waals surface area contributed by atoms with Gasteiger partial charge in [0.05, 0.1) is 17.3 Å². The van der Waals surface area contributed by atoms with Gasteiger partial charge in [-0.3, -0.25) is 9.67 Å². The number of pyridine rings is 1. The monoisotopic (exact) mass is 363 g/mol. The Balaban J connectivity index is 1.74. The van der Waals surface area contributed by atoms with Crippen molar-refractivity contribution in [3.8, 4) is 11.1 Å². The van der Waals surface area contributed by atoms with E-state index in [9.17, 15) is 9.90 Å². The predicted octanol–water partition coefficient (Wildman–Crippen LogP) is 3.59. The molecule has 0 amide bonds. The van der Waals surface area contributed by atoms with E-state index in [2.05, 4.69) is 23.3 Å². The molecule has 0 radical (unpaired) electrons. The van der Waals surface area contributed by atoms with E-state index in [1.165, 1.54) is 12.3 Å². The molecule has 0 saturated carbocycles. The molecule has 1 aromatic carbocycles. The van der Waals surface area contributed by atoms with Gasteiger partial charge in [0, 0.05) is 43.8 Å². The van der Waals surface area contributed by atoms with E-state index in [4.69, 9.17) is 9.84 Å². The van der Waals surface area contributed by atoms with Crippen LogP contribution in [0.5, 0.6) is 0 Å². The van der Waals surface area contributed by atoms with E-state index in [1.54, 1.807) is 6.20 Å². The average Bonchev–Trinajstić information content (AvgIpc) is 3.13. The first-order chi connectivity index (χ1) is 13.2. The first kappa shape index (κ1) is 17.4. The van der Waals surface area contributed by atoms with E-state index >= 15 is 0 Å². The topological polar surface area (TPSA) is 77.2 Å². The fourth-order valence-electron chi connectivity index (χ4n) is 3.51. The van der Waals surface area contributed by atoms with Gasteiger partial charge >= 0.3 is 5.97 Å². The molecule has 138 valence electrons. The summed E-state index contributed by atoms with van der Waals surface area (Å²) >= 11 is 0. The number of benzene rings is 1. The minimum atomic E-state index is -0.947. The van der Waals surface area contributed by atoms with Gasteiger partial charge in [-0.15, -0.1) is 0 Å². The number of carbonyl (C=O) groups is 1. The van der Waals surface area contributed by atoms with E-state index in [0.29, 0.717) is 18.0 Å². The lowest BCUT2D eigenvalue weighted by atomic mass is 10.00.